The zero-order valence-electron chi connectivity index (χ0n) is 11.7. The molecule has 0 heterocycles. The Morgan fingerprint density at radius 2 is 1.78 bits per heavy atom. The van der Waals surface area contributed by atoms with Gasteiger partial charge in [0.25, 0.3) is 0 Å². The number of carbonyl (C=O) groups is 2. The van der Waals surface area contributed by atoms with Crippen LogP contribution in [-0.2, 0) is 9.59 Å². The first-order valence-electron chi connectivity index (χ1n) is 6.95. The Hall–Kier alpha value is -1.06. The van der Waals surface area contributed by atoms with Gasteiger partial charge < -0.3 is 10.0 Å². The molecule has 104 valence electrons. The second-order valence-electron chi connectivity index (χ2n) is 5.61. The van der Waals surface area contributed by atoms with E-state index in [-0.39, 0.29) is 11.9 Å². The Morgan fingerprint density at radius 3 is 2.17 bits per heavy atom. The van der Waals surface area contributed by atoms with Crippen molar-refractivity contribution in [3.63, 3.8) is 0 Å². The molecule has 4 nitrogen and oxygen atoms in total. The van der Waals surface area contributed by atoms with Crippen molar-refractivity contribution < 1.29 is 14.7 Å². The lowest BCUT2D eigenvalue weighted by Crippen LogP contribution is -2.48. The largest absolute Gasteiger partial charge is 0.480 e. The van der Waals surface area contributed by atoms with E-state index in [1.54, 1.807) is 0 Å². The van der Waals surface area contributed by atoms with Gasteiger partial charge in [0.1, 0.15) is 6.04 Å². The maximum Gasteiger partial charge on any atom is 0.326 e. The van der Waals surface area contributed by atoms with Gasteiger partial charge in [-0.2, -0.15) is 0 Å². The summed E-state index contributed by atoms with van der Waals surface area (Å²) in [6, 6.07) is -0.724. The number of amides is 1. The molecule has 4 heteroatoms. The molecule has 0 bridgehead atoms. The van der Waals surface area contributed by atoms with Gasteiger partial charge in [0.05, 0.1) is 0 Å². The van der Waals surface area contributed by atoms with Crippen LogP contribution in [-0.4, -0.2) is 34.0 Å². The van der Waals surface area contributed by atoms with E-state index in [2.05, 4.69) is 0 Å². The van der Waals surface area contributed by atoms with Crippen molar-refractivity contribution in [1.29, 1.82) is 0 Å². The van der Waals surface area contributed by atoms with E-state index in [1.807, 2.05) is 13.8 Å². The minimum Gasteiger partial charge on any atom is -0.480 e. The quantitative estimate of drug-likeness (QED) is 0.821. The lowest BCUT2D eigenvalue weighted by atomic mass is 9.84. The minimum atomic E-state index is -0.871. The number of aliphatic carboxylic acids is 1. The van der Waals surface area contributed by atoms with Gasteiger partial charge in [-0.15, -0.1) is 0 Å². The van der Waals surface area contributed by atoms with Gasteiger partial charge >= 0.3 is 5.97 Å². The molecule has 0 aromatic carbocycles. The number of carboxylic acids is 1. The first kappa shape index (κ1) is 15.0. The van der Waals surface area contributed by atoms with Crippen LogP contribution in [0.5, 0.6) is 0 Å². The fourth-order valence-electron chi connectivity index (χ4n) is 3.01. The van der Waals surface area contributed by atoms with Crippen LogP contribution in [0, 0.1) is 5.92 Å². The monoisotopic (exact) mass is 255 g/mol. The predicted octanol–water partition coefficient (Wildman–Crippen LogP) is 2.67. The third kappa shape index (κ3) is 4.00. The zero-order valence-corrected chi connectivity index (χ0v) is 11.7. The molecule has 1 fully saturated rings. The Balaban J connectivity index is 2.73. The molecule has 0 aliphatic heterocycles. The van der Waals surface area contributed by atoms with Crippen LogP contribution in [0.2, 0.25) is 0 Å². The van der Waals surface area contributed by atoms with E-state index in [4.69, 9.17) is 0 Å². The number of hydrogen-bond acceptors (Lipinski definition) is 2. The molecule has 0 saturated heterocycles. The SMILES string of the molecule is CC(=O)N(C(C)C)C(CC1CCCCC1)C(=O)O. The van der Waals surface area contributed by atoms with Gasteiger partial charge in [0.2, 0.25) is 5.91 Å². The zero-order chi connectivity index (χ0) is 13.7. The summed E-state index contributed by atoms with van der Waals surface area (Å²) in [5, 5.41) is 9.38. The van der Waals surface area contributed by atoms with Gasteiger partial charge in [0.15, 0.2) is 0 Å². The van der Waals surface area contributed by atoms with Gasteiger partial charge in [0, 0.05) is 13.0 Å². The fraction of sp³-hybridized carbons (Fsp3) is 0.857. The Morgan fingerprint density at radius 1 is 1.22 bits per heavy atom. The molecule has 1 unspecified atom stereocenters. The van der Waals surface area contributed by atoms with Crippen molar-refractivity contribution in [2.75, 3.05) is 0 Å². The fourth-order valence-corrected chi connectivity index (χ4v) is 3.01. The summed E-state index contributed by atoms with van der Waals surface area (Å²) < 4.78 is 0. The molecule has 1 saturated carbocycles. The van der Waals surface area contributed by atoms with Crippen LogP contribution in [0.4, 0.5) is 0 Å². The molecule has 0 spiro atoms. The third-order valence-corrected chi connectivity index (χ3v) is 3.82. The van der Waals surface area contributed by atoms with E-state index in [0.29, 0.717) is 12.3 Å². The highest BCUT2D eigenvalue weighted by Crippen LogP contribution is 2.29. The van der Waals surface area contributed by atoms with E-state index >= 15 is 0 Å². The number of hydrogen-bond donors (Lipinski definition) is 1. The number of carbonyl (C=O) groups excluding carboxylic acids is 1. The van der Waals surface area contributed by atoms with Crippen LogP contribution in [0.25, 0.3) is 0 Å². The molecular weight excluding hydrogens is 230 g/mol. The van der Waals surface area contributed by atoms with Crippen molar-refractivity contribution in [3.05, 3.63) is 0 Å². The molecular formula is C14H25NO3. The Kier molecular flexibility index (Phi) is 5.63. The number of nitrogens with zero attached hydrogens (tertiary/aromatic N) is 1. The standard InChI is InChI=1S/C14H25NO3/c1-10(2)15(11(3)16)13(14(17)18)9-12-7-5-4-6-8-12/h10,12-13H,4-9H2,1-3H3,(H,17,18). The molecule has 1 atom stereocenters. The first-order valence-corrected chi connectivity index (χ1v) is 6.95. The van der Waals surface area contributed by atoms with Crippen molar-refractivity contribution in [2.45, 2.75) is 71.4 Å². The topological polar surface area (TPSA) is 57.6 Å². The van der Waals surface area contributed by atoms with Crippen molar-refractivity contribution in [3.8, 4) is 0 Å². The first-order chi connectivity index (χ1) is 8.43. The molecule has 1 aliphatic rings. The van der Waals surface area contributed by atoms with Gasteiger partial charge in [-0.3, -0.25) is 4.79 Å². The molecule has 18 heavy (non-hydrogen) atoms. The lowest BCUT2D eigenvalue weighted by molar-refractivity contribution is -0.152. The lowest BCUT2D eigenvalue weighted by Gasteiger charge is -2.34. The molecule has 1 aliphatic carbocycles. The van der Waals surface area contributed by atoms with E-state index in [9.17, 15) is 14.7 Å². The van der Waals surface area contributed by atoms with Crippen LogP contribution >= 0.6 is 0 Å². The van der Waals surface area contributed by atoms with E-state index in [0.717, 1.165) is 12.8 Å². The van der Waals surface area contributed by atoms with Crippen LogP contribution in [0.15, 0.2) is 0 Å². The maximum atomic E-state index is 11.6. The summed E-state index contributed by atoms with van der Waals surface area (Å²) in [4.78, 5) is 24.6. The summed E-state index contributed by atoms with van der Waals surface area (Å²) in [5.74, 6) is -0.557. The Labute approximate surface area is 109 Å². The Bertz CT molecular complexity index is 295. The maximum absolute atomic E-state index is 11.6. The highest BCUT2D eigenvalue weighted by molar-refractivity contribution is 5.82. The smallest absolute Gasteiger partial charge is 0.326 e. The minimum absolute atomic E-state index is 0.0628. The van der Waals surface area contributed by atoms with Crippen molar-refractivity contribution in [2.24, 2.45) is 5.92 Å². The van der Waals surface area contributed by atoms with Crippen molar-refractivity contribution >= 4 is 11.9 Å². The third-order valence-electron chi connectivity index (χ3n) is 3.82. The number of carboxylic acid groups (broad SMARTS) is 1. The summed E-state index contributed by atoms with van der Waals surface area (Å²) in [5.41, 5.74) is 0. The molecule has 1 N–H and O–H groups in total. The average molecular weight is 255 g/mol. The van der Waals surface area contributed by atoms with Gasteiger partial charge in [-0.25, -0.2) is 4.79 Å². The normalized spacial score (nSPS) is 18.7. The molecule has 0 aromatic heterocycles. The summed E-state index contributed by atoms with van der Waals surface area (Å²) in [6.07, 6.45) is 6.46. The molecule has 0 radical (unpaired) electrons. The molecule has 0 aromatic rings. The highest BCUT2D eigenvalue weighted by atomic mass is 16.4. The van der Waals surface area contributed by atoms with Crippen molar-refractivity contribution in [1.82, 2.24) is 4.90 Å². The summed E-state index contributed by atoms with van der Waals surface area (Å²) in [7, 11) is 0. The van der Waals surface area contributed by atoms with E-state index in [1.165, 1.54) is 31.1 Å². The van der Waals surface area contributed by atoms with Crippen LogP contribution < -0.4 is 0 Å². The summed E-state index contributed by atoms with van der Waals surface area (Å²) in [6.45, 7) is 5.20. The summed E-state index contributed by atoms with van der Waals surface area (Å²) >= 11 is 0. The molecule has 1 rings (SSSR count). The van der Waals surface area contributed by atoms with E-state index < -0.39 is 12.0 Å². The number of rotatable bonds is 5. The van der Waals surface area contributed by atoms with Gasteiger partial charge in [-0.05, 0) is 26.2 Å². The second-order valence-corrected chi connectivity index (χ2v) is 5.61. The average Bonchev–Trinajstić information content (AvgIpc) is 2.28. The highest BCUT2D eigenvalue weighted by Gasteiger charge is 2.32. The van der Waals surface area contributed by atoms with Crippen LogP contribution in [0.3, 0.4) is 0 Å². The van der Waals surface area contributed by atoms with Crippen LogP contribution in [0.1, 0.15) is 59.3 Å². The predicted molar refractivity (Wildman–Crippen MR) is 70.3 cm³/mol. The second kappa shape index (κ2) is 6.76. The molecule has 1 amide bonds. The van der Waals surface area contributed by atoms with Gasteiger partial charge in [-0.1, -0.05) is 32.1 Å².